The van der Waals surface area contributed by atoms with Crippen molar-refractivity contribution in [2.24, 2.45) is 0 Å². The van der Waals surface area contributed by atoms with E-state index in [0.717, 1.165) is 24.3 Å². The lowest BCUT2D eigenvalue weighted by molar-refractivity contribution is -0.144. The molecule has 0 saturated carbocycles. The lowest BCUT2D eigenvalue weighted by Crippen LogP contribution is -2.13. The monoisotopic (exact) mass is 347 g/mol. The predicted molar refractivity (Wildman–Crippen MR) is 84.0 cm³/mol. The molecule has 0 aromatic heterocycles. The van der Waals surface area contributed by atoms with Crippen molar-refractivity contribution in [2.45, 2.75) is 17.9 Å². The van der Waals surface area contributed by atoms with Gasteiger partial charge in [-0.1, -0.05) is 12.1 Å². The maximum atomic E-state index is 12.8. The number of hydrogen-bond donors (Lipinski definition) is 0. The summed E-state index contributed by atoms with van der Waals surface area (Å²) in [4.78, 5) is 11.6. The van der Waals surface area contributed by atoms with Gasteiger partial charge in [-0.05, 0) is 42.0 Å². The molecule has 7 heteroatoms. The van der Waals surface area contributed by atoms with Crippen molar-refractivity contribution in [1.82, 2.24) is 0 Å². The Morgan fingerprint density at radius 3 is 2.54 bits per heavy atom. The molecule has 5 nitrogen and oxygen atoms in total. The average Bonchev–Trinajstić information content (AvgIpc) is 2.59. The minimum absolute atomic E-state index is 0.0368. The van der Waals surface area contributed by atoms with Crippen LogP contribution in [0.25, 0.3) is 0 Å². The highest BCUT2D eigenvalue weighted by Gasteiger charge is 2.17. The fraction of sp³-hybridized carbons (Fsp3) is 0.176. The smallest absolute Gasteiger partial charge is 0.307 e. The van der Waals surface area contributed by atoms with Gasteiger partial charge in [0.15, 0.2) is 9.84 Å². The van der Waals surface area contributed by atoms with Gasteiger partial charge in [0.25, 0.3) is 0 Å². The summed E-state index contributed by atoms with van der Waals surface area (Å²) in [7, 11) is -3.68. The van der Waals surface area contributed by atoms with Crippen molar-refractivity contribution >= 4 is 15.8 Å². The third-order valence-corrected chi connectivity index (χ3v) is 4.94. The number of sulfone groups is 1. The molecule has 0 radical (unpaired) electrons. The van der Waals surface area contributed by atoms with E-state index in [1.165, 1.54) is 0 Å². The van der Waals surface area contributed by atoms with Crippen molar-refractivity contribution in [3.8, 4) is 6.07 Å². The molecule has 0 atom stereocenters. The summed E-state index contributed by atoms with van der Waals surface area (Å²) in [5.41, 5.74) is 1.09. The largest absolute Gasteiger partial charge is 0.461 e. The summed E-state index contributed by atoms with van der Waals surface area (Å²) in [6, 6.07) is 13.0. The van der Waals surface area contributed by atoms with Crippen molar-refractivity contribution in [3.05, 3.63) is 65.5 Å². The van der Waals surface area contributed by atoms with E-state index in [0.29, 0.717) is 11.1 Å². The number of halogens is 1. The van der Waals surface area contributed by atoms with Gasteiger partial charge in [0, 0.05) is 0 Å². The lowest BCUT2D eigenvalue weighted by atomic mass is 10.1. The molecule has 0 aliphatic heterocycles. The Hall–Kier alpha value is -2.72. The first-order valence-corrected chi connectivity index (χ1v) is 8.69. The Labute approximate surface area is 139 Å². The number of nitriles is 1. The van der Waals surface area contributed by atoms with Gasteiger partial charge in [0.2, 0.25) is 0 Å². The molecule has 124 valence electrons. The van der Waals surface area contributed by atoms with E-state index in [2.05, 4.69) is 0 Å². The second-order valence-electron chi connectivity index (χ2n) is 5.00. The van der Waals surface area contributed by atoms with E-state index < -0.39 is 27.4 Å². The minimum Gasteiger partial charge on any atom is -0.461 e. The van der Waals surface area contributed by atoms with Crippen LogP contribution < -0.4 is 0 Å². The standard InChI is InChI=1S/C17H14FNO4S/c18-15-4-6-16(7-5-15)24(21,22)9-8-17(20)23-12-14-3-1-2-13(10-14)11-19/h1-7,10H,8-9,12H2. The fourth-order valence-electron chi connectivity index (χ4n) is 1.94. The summed E-state index contributed by atoms with van der Waals surface area (Å²) in [6.07, 6.45) is -0.308. The molecular formula is C17H14FNO4S. The van der Waals surface area contributed by atoms with Gasteiger partial charge in [-0.15, -0.1) is 0 Å². The number of esters is 1. The molecule has 2 rings (SSSR count). The van der Waals surface area contributed by atoms with Crippen LogP contribution in [0, 0.1) is 17.1 Å². The van der Waals surface area contributed by atoms with E-state index in [-0.39, 0.29) is 17.9 Å². The third kappa shape index (κ3) is 4.89. The lowest BCUT2D eigenvalue weighted by Gasteiger charge is -2.06. The second kappa shape index (κ2) is 7.70. The van der Waals surface area contributed by atoms with E-state index in [9.17, 15) is 17.6 Å². The Morgan fingerprint density at radius 2 is 1.88 bits per heavy atom. The van der Waals surface area contributed by atoms with Crippen LogP contribution in [0.1, 0.15) is 17.5 Å². The molecule has 2 aromatic carbocycles. The van der Waals surface area contributed by atoms with Gasteiger partial charge in [-0.3, -0.25) is 4.79 Å². The van der Waals surface area contributed by atoms with Gasteiger partial charge < -0.3 is 4.74 Å². The van der Waals surface area contributed by atoms with Crippen LogP contribution in [0.5, 0.6) is 0 Å². The molecule has 0 aliphatic carbocycles. The van der Waals surface area contributed by atoms with Crippen LogP contribution in [0.4, 0.5) is 4.39 Å². The van der Waals surface area contributed by atoms with Crippen LogP contribution in [0.3, 0.4) is 0 Å². The van der Waals surface area contributed by atoms with Crippen molar-refractivity contribution < 1.29 is 22.3 Å². The maximum absolute atomic E-state index is 12.8. The first-order chi connectivity index (χ1) is 11.4. The normalized spacial score (nSPS) is 10.8. The molecule has 0 bridgehead atoms. The molecule has 0 fully saturated rings. The number of benzene rings is 2. The quantitative estimate of drug-likeness (QED) is 0.592. The molecule has 0 N–H and O–H groups in total. The third-order valence-electron chi connectivity index (χ3n) is 3.20. The zero-order valence-electron chi connectivity index (χ0n) is 12.6. The topological polar surface area (TPSA) is 84.2 Å². The predicted octanol–water partition coefficient (Wildman–Crippen LogP) is 2.60. The Morgan fingerprint density at radius 1 is 1.17 bits per heavy atom. The molecular weight excluding hydrogens is 333 g/mol. The number of hydrogen-bond acceptors (Lipinski definition) is 5. The minimum atomic E-state index is -3.68. The summed E-state index contributed by atoms with van der Waals surface area (Å²) in [5, 5.41) is 8.79. The summed E-state index contributed by atoms with van der Waals surface area (Å²) < 4.78 is 41.9. The number of carbonyl (C=O) groups excluding carboxylic acids is 1. The van der Waals surface area contributed by atoms with Crippen molar-refractivity contribution in [2.75, 3.05) is 5.75 Å². The Balaban J connectivity index is 1.88. The van der Waals surface area contributed by atoms with Crippen molar-refractivity contribution in [3.63, 3.8) is 0 Å². The van der Waals surface area contributed by atoms with Gasteiger partial charge in [-0.2, -0.15) is 5.26 Å². The molecule has 24 heavy (non-hydrogen) atoms. The summed E-state index contributed by atoms with van der Waals surface area (Å²) in [6.45, 7) is -0.0368. The van der Waals surface area contributed by atoms with Crippen LogP contribution >= 0.6 is 0 Å². The van der Waals surface area contributed by atoms with Crippen LogP contribution in [-0.4, -0.2) is 20.1 Å². The van der Waals surface area contributed by atoms with Crippen LogP contribution in [0.15, 0.2) is 53.4 Å². The molecule has 0 saturated heterocycles. The Kier molecular flexibility index (Phi) is 5.66. The molecule has 0 aliphatic rings. The van der Waals surface area contributed by atoms with Gasteiger partial charge in [0.05, 0.1) is 28.7 Å². The highest BCUT2D eigenvalue weighted by Crippen LogP contribution is 2.13. The number of nitrogens with zero attached hydrogens (tertiary/aromatic N) is 1. The Bertz CT molecular complexity index is 870. The molecule has 0 unspecified atom stereocenters. The molecule has 0 heterocycles. The summed E-state index contributed by atoms with van der Waals surface area (Å²) in [5.74, 6) is -1.62. The van der Waals surface area contributed by atoms with E-state index >= 15 is 0 Å². The number of ether oxygens (including phenoxy) is 1. The zero-order valence-corrected chi connectivity index (χ0v) is 13.4. The van der Waals surface area contributed by atoms with E-state index in [4.69, 9.17) is 10.00 Å². The summed E-state index contributed by atoms with van der Waals surface area (Å²) >= 11 is 0. The zero-order chi connectivity index (χ0) is 17.6. The van der Waals surface area contributed by atoms with Crippen LogP contribution in [-0.2, 0) is 26.0 Å². The average molecular weight is 347 g/mol. The van der Waals surface area contributed by atoms with E-state index in [1.807, 2.05) is 6.07 Å². The molecule has 0 spiro atoms. The van der Waals surface area contributed by atoms with Gasteiger partial charge in [-0.25, -0.2) is 12.8 Å². The van der Waals surface area contributed by atoms with E-state index in [1.54, 1.807) is 24.3 Å². The number of carbonyl (C=O) groups is 1. The van der Waals surface area contributed by atoms with Gasteiger partial charge in [0.1, 0.15) is 12.4 Å². The maximum Gasteiger partial charge on any atom is 0.307 e. The van der Waals surface area contributed by atoms with Crippen molar-refractivity contribution in [1.29, 1.82) is 5.26 Å². The fourth-order valence-corrected chi connectivity index (χ4v) is 3.17. The van der Waals surface area contributed by atoms with Crippen LogP contribution in [0.2, 0.25) is 0 Å². The highest BCUT2D eigenvalue weighted by atomic mass is 32.2. The highest BCUT2D eigenvalue weighted by molar-refractivity contribution is 7.91. The second-order valence-corrected chi connectivity index (χ2v) is 7.10. The number of rotatable bonds is 6. The first kappa shape index (κ1) is 17.6. The first-order valence-electron chi connectivity index (χ1n) is 7.04. The molecule has 2 aromatic rings. The molecule has 0 amide bonds. The SMILES string of the molecule is N#Cc1cccc(COC(=O)CCS(=O)(=O)c2ccc(F)cc2)c1. The van der Waals surface area contributed by atoms with Gasteiger partial charge >= 0.3 is 5.97 Å².